The highest BCUT2D eigenvalue weighted by molar-refractivity contribution is 9.10. The van der Waals surface area contributed by atoms with Gasteiger partial charge >= 0.3 is 0 Å². The molecule has 2 rings (SSSR count). The van der Waals surface area contributed by atoms with E-state index < -0.39 is 11.6 Å². The summed E-state index contributed by atoms with van der Waals surface area (Å²) in [6.45, 7) is 1.80. The molecule has 0 fully saturated rings. The van der Waals surface area contributed by atoms with Crippen molar-refractivity contribution in [3.63, 3.8) is 0 Å². The molecule has 20 heavy (non-hydrogen) atoms. The van der Waals surface area contributed by atoms with E-state index in [1.807, 2.05) is 6.92 Å². The lowest BCUT2D eigenvalue weighted by Crippen LogP contribution is -2.08. The van der Waals surface area contributed by atoms with E-state index in [4.69, 9.17) is 10.5 Å². The van der Waals surface area contributed by atoms with Crippen LogP contribution in [-0.4, -0.2) is 4.98 Å². The molecular weight excluding hydrogens is 330 g/mol. The van der Waals surface area contributed by atoms with E-state index in [-0.39, 0.29) is 23.2 Å². The lowest BCUT2D eigenvalue weighted by Gasteiger charge is -2.12. The van der Waals surface area contributed by atoms with E-state index >= 15 is 0 Å². The third-order valence-corrected chi connectivity index (χ3v) is 3.39. The fourth-order valence-electron chi connectivity index (χ4n) is 1.73. The molecule has 106 valence electrons. The van der Waals surface area contributed by atoms with Crippen molar-refractivity contribution < 1.29 is 13.5 Å². The van der Waals surface area contributed by atoms with Gasteiger partial charge in [0, 0.05) is 12.2 Å². The zero-order valence-electron chi connectivity index (χ0n) is 10.8. The van der Waals surface area contributed by atoms with Crippen LogP contribution in [0.1, 0.15) is 17.0 Å². The van der Waals surface area contributed by atoms with E-state index in [2.05, 4.69) is 20.9 Å². The standard InChI is InChI=1S/C14H13BrF2N2O/c1-8-2-5-13(12(6-18)19-8)20-7-9-11(16)4-3-10(15)14(9)17/h2-5H,6-7,18H2,1H3. The molecule has 3 nitrogen and oxygen atoms in total. The van der Waals surface area contributed by atoms with Crippen molar-refractivity contribution in [2.24, 2.45) is 5.73 Å². The molecule has 0 aliphatic rings. The molecule has 1 heterocycles. The first-order chi connectivity index (χ1) is 9.52. The summed E-state index contributed by atoms with van der Waals surface area (Å²) in [5, 5.41) is 0. The summed E-state index contributed by atoms with van der Waals surface area (Å²) in [6, 6.07) is 5.94. The Morgan fingerprint density at radius 1 is 1.25 bits per heavy atom. The number of pyridine rings is 1. The van der Waals surface area contributed by atoms with Crippen LogP contribution >= 0.6 is 15.9 Å². The van der Waals surface area contributed by atoms with E-state index in [0.717, 1.165) is 5.69 Å². The van der Waals surface area contributed by atoms with Gasteiger partial charge < -0.3 is 10.5 Å². The molecule has 0 aliphatic heterocycles. The van der Waals surface area contributed by atoms with Gasteiger partial charge in [0.1, 0.15) is 24.0 Å². The van der Waals surface area contributed by atoms with Crippen LogP contribution in [0.15, 0.2) is 28.7 Å². The van der Waals surface area contributed by atoms with E-state index in [1.165, 1.54) is 12.1 Å². The number of benzene rings is 1. The number of aryl methyl sites for hydroxylation is 1. The van der Waals surface area contributed by atoms with Gasteiger partial charge in [-0.25, -0.2) is 8.78 Å². The van der Waals surface area contributed by atoms with Crippen molar-refractivity contribution in [2.75, 3.05) is 0 Å². The van der Waals surface area contributed by atoms with E-state index in [9.17, 15) is 8.78 Å². The number of nitrogens with zero attached hydrogens (tertiary/aromatic N) is 1. The first-order valence-corrected chi connectivity index (χ1v) is 6.74. The highest BCUT2D eigenvalue weighted by Gasteiger charge is 2.14. The zero-order chi connectivity index (χ0) is 14.7. The summed E-state index contributed by atoms with van der Waals surface area (Å²) < 4.78 is 33.0. The number of aromatic nitrogens is 1. The second-order valence-electron chi connectivity index (χ2n) is 4.21. The Hall–Kier alpha value is -1.53. The van der Waals surface area contributed by atoms with Crippen LogP contribution < -0.4 is 10.5 Å². The minimum Gasteiger partial charge on any atom is -0.487 e. The molecule has 0 bridgehead atoms. The molecule has 1 aromatic heterocycles. The van der Waals surface area contributed by atoms with Gasteiger partial charge in [-0.05, 0) is 47.1 Å². The van der Waals surface area contributed by atoms with Gasteiger partial charge in [0.25, 0.3) is 0 Å². The monoisotopic (exact) mass is 342 g/mol. The van der Waals surface area contributed by atoms with Gasteiger partial charge in [0.05, 0.1) is 15.7 Å². The molecular formula is C14H13BrF2N2O. The van der Waals surface area contributed by atoms with Gasteiger partial charge in [0.2, 0.25) is 0 Å². The number of hydrogen-bond donors (Lipinski definition) is 1. The maximum atomic E-state index is 13.8. The van der Waals surface area contributed by atoms with Crippen molar-refractivity contribution in [1.82, 2.24) is 4.98 Å². The summed E-state index contributed by atoms with van der Waals surface area (Å²) in [4.78, 5) is 4.22. The Morgan fingerprint density at radius 2 is 2.00 bits per heavy atom. The molecule has 0 spiro atoms. The minimum atomic E-state index is -0.667. The van der Waals surface area contributed by atoms with Gasteiger partial charge in [0.15, 0.2) is 0 Å². The highest BCUT2D eigenvalue weighted by Crippen LogP contribution is 2.24. The molecule has 0 unspecified atom stereocenters. The molecule has 2 N–H and O–H groups in total. The van der Waals surface area contributed by atoms with Crippen LogP contribution in [0.2, 0.25) is 0 Å². The van der Waals surface area contributed by atoms with E-state index in [1.54, 1.807) is 12.1 Å². The van der Waals surface area contributed by atoms with Crippen LogP contribution in [0, 0.1) is 18.6 Å². The second kappa shape index (κ2) is 6.28. The molecule has 0 amide bonds. The van der Waals surface area contributed by atoms with Gasteiger partial charge in [-0.3, -0.25) is 4.98 Å². The van der Waals surface area contributed by atoms with Crippen LogP contribution in [0.5, 0.6) is 5.75 Å². The summed E-state index contributed by atoms with van der Waals surface area (Å²) in [7, 11) is 0. The fourth-order valence-corrected chi connectivity index (χ4v) is 2.10. The largest absolute Gasteiger partial charge is 0.487 e. The average Bonchev–Trinajstić information content (AvgIpc) is 2.44. The lowest BCUT2D eigenvalue weighted by molar-refractivity contribution is 0.287. The molecule has 0 saturated carbocycles. The summed E-state index contributed by atoms with van der Waals surface area (Å²) in [5.74, 6) is -0.892. The maximum Gasteiger partial charge on any atom is 0.146 e. The number of nitrogens with two attached hydrogens (primary N) is 1. The number of hydrogen-bond acceptors (Lipinski definition) is 3. The quantitative estimate of drug-likeness (QED) is 0.865. The molecule has 6 heteroatoms. The van der Waals surface area contributed by atoms with E-state index in [0.29, 0.717) is 11.4 Å². The van der Waals surface area contributed by atoms with Gasteiger partial charge in [-0.1, -0.05) is 0 Å². The SMILES string of the molecule is Cc1ccc(OCc2c(F)ccc(Br)c2F)c(CN)n1. The molecule has 0 radical (unpaired) electrons. The van der Waals surface area contributed by atoms with Gasteiger partial charge in [-0.2, -0.15) is 0 Å². The topological polar surface area (TPSA) is 48.1 Å². The number of ether oxygens (including phenoxy) is 1. The summed E-state index contributed by atoms with van der Waals surface area (Å²) >= 11 is 3.01. The molecule has 0 aliphatic carbocycles. The lowest BCUT2D eigenvalue weighted by atomic mass is 10.2. The van der Waals surface area contributed by atoms with Crippen molar-refractivity contribution in [3.05, 3.63) is 57.3 Å². The predicted molar refractivity (Wildman–Crippen MR) is 75.3 cm³/mol. The molecule has 0 atom stereocenters. The van der Waals surface area contributed by atoms with Crippen LogP contribution in [0.3, 0.4) is 0 Å². The van der Waals surface area contributed by atoms with Crippen molar-refractivity contribution in [3.8, 4) is 5.75 Å². The van der Waals surface area contributed by atoms with Crippen LogP contribution in [0.25, 0.3) is 0 Å². The first-order valence-electron chi connectivity index (χ1n) is 5.94. The molecule has 1 aromatic carbocycles. The normalized spacial score (nSPS) is 10.7. The summed E-state index contributed by atoms with van der Waals surface area (Å²) in [6.07, 6.45) is 0. The molecule has 2 aromatic rings. The maximum absolute atomic E-state index is 13.8. The zero-order valence-corrected chi connectivity index (χ0v) is 12.4. The predicted octanol–water partition coefficient (Wildman–Crippen LogP) is 3.47. The second-order valence-corrected chi connectivity index (χ2v) is 5.07. The summed E-state index contributed by atoms with van der Waals surface area (Å²) in [5.41, 5.74) is 6.80. The third-order valence-electron chi connectivity index (χ3n) is 2.78. The smallest absolute Gasteiger partial charge is 0.146 e. The molecule has 0 saturated heterocycles. The average molecular weight is 343 g/mol. The Morgan fingerprint density at radius 3 is 2.70 bits per heavy atom. The van der Waals surface area contributed by atoms with Crippen molar-refractivity contribution in [1.29, 1.82) is 0 Å². The minimum absolute atomic E-state index is 0.136. The Labute approximate surface area is 123 Å². The first kappa shape index (κ1) is 14.9. The van der Waals surface area contributed by atoms with Crippen molar-refractivity contribution in [2.45, 2.75) is 20.1 Å². The van der Waals surface area contributed by atoms with Gasteiger partial charge in [-0.15, -0.1) is 0 Å². The van der Waals surface area contributed by atoms with Crippen LogP contribution in [-0.2, 0) is 13.2 Å². The Bertz CT molecular complexity index is 635. The highest BCUT2D eigenvalue weighted by atomic mass is 79.9. The fraction of sp³-hybridized carbons (Fsp3) is 0.214. The third kappa shape index (κ3) is 3.13. The number of rotatable bonds is 4. The number of halogens is 3. The Kier molecular flexibility index (Phi) is 4.67. The Balaban J connectivity index is 2.23. The van der Waals surface area contributed by atoms with Crippen molar-refractivity contribution >= 4 is 15.9 Å². The van der Waals surface area contributed by atoms with Crippen LogP contribution in [0.4, 0.5) is 8.78 Å².